The zero-order chi connectivity index (χ0) is 15.9. The fourth-order valence-corrected chi connectivity index (χ4v) is 1.22. The highest BCUT2D eigenvalue weighted by Gasteiger charge is 2.28. The third kappa shape index (κ3) is 6.89. The number of carbonyl (C=O) groups excluding carboxylic acids is 2. The molecule has 0 amide bonds. The van der Waals surface area contributed by atoms with Crippen molar-refractivity contribution in [3.63, 3.8) is 0 Å². The van der Waals surface area contributed by atoms with E-state index in [0.717, 1.165) is 0 Å². The molecule has 0 fully saturated rings. The van der Waals surface area contributed by atoms with Gasteiger partial charge < -0.3 is 14.2 Å². The van der Waals surface area contributed by atoms with Crippen LogP contribution >= 0.6 is 0 Å². The topological polar surface area (TPSA) is 61.8 Å². The third-order valence-corrected chi connectivity index (χ3v) is 2.96. The fourth-order valence-electron chi connectivity index (χ4n) is 1.22. The summed E-state index contributed by atoms with van der Waals surface area (Å²) < 4.78 is 15.7. The first-order valence-electron chi connectivity index (χ1n) is 7.12. The fraction of sp³-hybridized carbons (Fsp3) is 0.867. The molecular weight excluding hydrogens is 260 g/mol. The van der Waals surface area contributed by atoms with E-state index in [-0.39, 0.29) is 18.6 Å². The molecule has 0 saturated heterocycles. The van der Waals surface area contributed by atoms with Crippen molar-refractivity contribution in [1.29, 1.82) is 0 Å². The molecule has 0 heterocycles. The molecule has 1 unspecified atom stereocenters. The minimum atomic E-state index is -0.625. The monoisotopic (exact) mass is 288 g/mol. The van der Waals surface area contributed by atoms with Crippen LogP contribution in [0.2, 0.25) is 0 Å². The van der Waals surface area contributed by atoms with Crippen molar-refractivity contribution in [2.75, 3.05) is 6.61 Å². The van der Waals surface area contributed by atoms with Crippen molar-refractivity contribution in [3.8, 4) is 0 Å². The van der Waals surface area contributed by atoms with Gasteiger partial charge in [-0.15, -0.1) is 0 Å². The van der Waals surface area contributed by atoms with Gasteiger partial charge in [-0.3, -0.25) is 4.79 Å². The molecule has 118 valence electrons. The SMILES string of the molecule is CCC(C)(C)C(=O)OCC(=O)OC(OC(C)C)C(C)C. The van der Waals surface area contributed by atoms with Gasteiger partial charge in [0.05, 0.1) is 11.5 Å². The van der Waals surface area contributed by atoms with Crippen molar-refractivity contribution in [2.45, 2.75) is 67.3 Å². The summed E-state index contributed by atoms with van der Waals surface area (Å²) in [6.07, 6.45) is -0.0245. The van der Waals surface area contributed by atoms with E-state index in [1.807, 2.05) is 34.6 Å². The number of hydrogen-bond acceptors (Lipinski definition) is 5. The summed E-state index contributed by atoms with van der Waals surface area (Å²) in [6.45, 7) is 12.6. The molecule has 0 rings (SSSR count). The third-order valence-electron chi connectivity index (χ3n) is 2.96. The number of hydrogen-bond donors (Lipinski definition) is 0. The molecular formula is C15H28O5. The van der Waals surface area contributed by atoms with E-state index in [0.29, 0.717) is 6.42 Å². The van der Waals surface area contributed by atoms with Crippen LogP contribution in [0.3, 0.4) is 0 Å². The average Bonchev–Trinajstić information content (AvgIpc) is 2.34. The van der Waals surface area contributed by atoms with Gasteiger partial charge in [-0.2, -0.15) is 0 Å². The van der Waals surface area contributed by atoms with Crippen molar-refractivity contribution in [2.24, 2.45) is 11.3 Å². The lowest BCUT2D eigenvalue weighted by Gasteiger charge is -2.24. The first kappa shape index (κ1) is 18.9. The Morgan fingerprint density at radius 2 is 1.65 bits per heavy atom. The standard InChI is InChI=1S/C15H28O5/c1-8-15(6,7)14(17)18-9-12(16)20-13(10(2)3)19-11(4)5/h10-11,13H,8-9H2,1-7H3. The molecule has 0 aliphatic rings. The van der Waals surface area contributed by atoms with E-state index < -0.39 is 23.6 Å². The van der Waals surface area contributed by atoms with Crippen LogP contribution in [0.15, 0.2) is 0 Å². The van der Waals surface area contributed by atoms with Crippen molar-refractivity contribution in [3.05, 3.63) is 0 Å². The molecule has 5 nitrogen and oxygen atoms in total. The number of rotatable bonds is 8. The smallest absolute Gasteiger partial charge is 0.346 e. The molecule has 0 aromatic carbocycles. The van der Waals surface area contributed by atoms with Crippen molar-refractivity contribution in [1.82, 2.24) is 0 Å². The van der Waals surface area contributed by atoms with Gasteiger partial charge in [-0.25, -0.2) is 4.79 Å². The van der Waals surface area contributed by atoms with Gasteiger partial charge in [-0.05, 0) is 34.1 Å². The van der Waals surface area contributed by atoms with E-state index in [1.54, 1.807) is 13.8 Å². The molecule has 1 atom stereocenters. The maximum atomic E-state index is 11.7. The quantitative estimate of drug-likeness (QED) is 0.507. The van der Waals surface area contributed by atoms with Crippen LogP contribution in [0.4, 0.5) is 0 Å². The second kappa shape index (κ2) is 8.25. The summed E-state index contributed by atoms with van der Waals surface area (Å²) in [6, 6.07) is 0. The molecule has 0 aromatic rings. The molecule has 0 aliphatic carbocycles. The Labute approximate surface area is 122 Å². The zero-order valence-corrected chi connectivity index (χ0v) is 13.7. The second-order valence-corrected chi connectivity index (χ2v) is 6.10. The molecule has 0 radical (unpaired) electrons. The first-order valence-corrected chi connectivity index (χ1v) is 7.12. The minimum Gasteiger partial charge on any atom is -0.453 e. The Morgan fingerprint density at radius 3 is 2.05 bits per heavy atom. The van der Waals surface area contributed by atoms with Gasteiger partial charge in [0.25, 0.3) is 0 Å². The van der Waals surface area contributed by atoms with Crippen molar-refractivity contribution < 1.29 is 23.8 Å². The van der Waals surface area contributed by atoms with Crippen LogP contribution in [0, 0.1) is 11.3 Å². The largest absolute Gasteiger partial charge is 0.453 e. The Morgan fingerprint density at radius 1 is 1.10 bits per heavy atom. The van der Waals surface area contributed by atoms with Gasteiger partial charge in [0, 0.05) is 5.92 Å². The highest BCUT2D eigenvalue weighted by atomic mass is 16.7. The summed E-state index contributed by atoms with van der Waals surface area (Å²) in [7, 11) is 0. The summed E-state index contributed by atoms with van der Waals surface area (Å²) in [5.74, 6) is -0.962. The van der Waals surface area contributed by atoms with Crippen LogP contribution in [0.1, 0.15) is 54.9 Å². The Balaban J connectivity index is 4.31. The van der Waals surface area contributed by atoms with E-state index in [2.05, 4.69) is 0 Å². The van der Waals surface area contributed by atoms with Crippen LogP contribution < -0.4 is 0 Å². The first-order chi connectivity index (χ1) is 9.10. The van der Waals surface area contributed by atoms with Gasteiger partial charge in [0.15, 0.2) is 6.61 Å². The van der Waals surface area contributed by atoms with E-state index in [4.69, 9.17) is 14.2 Å². The lowest BCUT2D eigenvalue weighted by molar-refractivity contribution is -0.203. The van der Waals surface area contributed by atoms with Gasteiger partial charge >= 0.3 is 11.9 Å². The minimum absolute atomic E-state index is 0.0316. The van der Waals surface area contributed by atoms with E-state index in [1.165, 1.54) is 0 Å². The van der Waals surface area contributed by atoms with Crippen molar-refractivity contribution >= 4 is 11.9 Å². The molecule has 0 aliphatic heterocycles. The number of esters is 2. The second-order valence-electron chi connectivity index (χ2n) is 6.10. The maximum absolute atomic E-state index is 11.7. The average molecular weight is 288 g/mol. The molecule has 0 N–H and O–H groups in total. The lowest BCUT2D eigenvalue weighted by Crippen LogP contribution is -2.33. The van der Waals surface area contributed by atoms with Gasteiger partial charge in [0.1, 0.15) is 0 Å². The van der Waals surface area contributed by atoms with Gasteiger partial charge in [-0.1, -0.05) is 20.8 Å². The summed E-state index contributed by atoms with van der Waals surface area (Å²) in [5.41, 5.74) is -0.591. The zero-order valence-electron chi connectivity index (χ0n) is 13.7. The summed E-state index contributed by atoms with van der Waals surface area (Å²) in [4.78, 5) is 23.4. The highest BCUT2D eigenvalue weighted by Crippen LogP contribution is 2.21. The molecule has 20 heavy (non-hydrogen) atoms. The van der Waals surface area contributed by atoms with Crippen LogP contribution in [-0.2, 0) is 23.8 Å². The van der Waals surface area contributed by atoms with Gasteiger partial charge in [0.2, 0.25) is 6.29 Å². The Kier molecular flexibility index (Phi) is 7.79. The normalized spacial score (nSPS) is 13.4. The number of ether oxygens (including phenoxy) is 3. The predicted molar refractivity (Wildman–Crippen MR) is 76.0 cm³/mol. The van der Waals surface area contributed by atoms with E-state index >= 15 is 0 Å². The Bertz CT molecular complexity index is 320. The van der Waals surface area contributed by atoms with Crippen LogP contribution in [0.25, 0.3) is 0 Å². The highest BCUT2D eigenvalue weighted by molar-refractivity contribution is 5.79. The lowest BCUT2D eigenvalue weighted by atomic mass is 9.91. The summed E-state index contributed by atoms with van der Waals surface area (Å²) in [5, 5.41) is 0. The molecule has 0 saturated carbocycles. The van der Waals surface area contributed by atoms with Crippen LogP contribution in [0.5, 0.6) is 0 Å². The number of carbonyl (C=O) groups is 2. The predicted octanol–water partition coefficient (Wildman–Crippen LogP) is 2.92. The van der Waals surface area contributed by atoms with Crippen LogP contribution in [-0.4, -0.2) is 30.9 Å². The molecule has 0 spiro atoms. The summed E-state index contributed by atoms with van der Waals surface area (Å²) >= 11 is 0. The molecule has 5 heteroatoms. The maximum Gasteiger partial charge on any atom is 0.346 e. The Hall–Kier alpha value is -1.10. The van der Waals surface area contributed by atoms with E-state index in [9.17, 15) is 9.59 Å². The molecule has 0 aromatic heterocycles. The molecule has 0 bridgehead atoms.